The average Bonchev–Trinajstić information content (AvgIpc) is 3.30. The molecule has 0 saturated carbocycles. The summed E-state index contributed by atoms with van der Waals surface area (Å²) in [6.07, 6.45) is 5.15. The highest BCUT2D eigenvalue weighted by Gasteiger charge is 2.33. The monoisotopic (exact) mass is 406 g/mol. The molecule has 29 heavy (non-hydrogen) atoms. The van der Waals surface area contributed by atoms with Gasteiger partial charge in [-0.2, -0.15) is 9.40 Å². The number of carbonyl (C=O) groups excluding carboxylic acids is 1. The predicted octanol–water partition coefficient (Wildman–Crippen LogP) is 2.49. The zero-order valence-electron chi connectivity index (χ0n) is 15.4. The van der Waals surface area contributed by atoms with Gasteiger partial charge in [-0.05, 0) is 17.6 Å². The number of aromatic amines is 1. The number of carbonyl (C=O) groups is 1. The first-order valence-electron chi connectivity index (χ1n) is 8.93. The Kier molecular flexibility index (Phi) is 4.92. The van der Waals surface area contributed by atoms with Gasteiger partial charge in [0.15, 0.2) is 0 Å². The second kappa shape index (κ2) is 7.54. The van der Waals surface area contributed by atoms with Gasteiger partial charge in [0, 0.05) is 17.7 Å². The standard InChI is InChI=1S/C21H18N4O3S/c1-2-20(26)22-18-11-7-6-10-16(18)21-17-12-25(13-19(17)23-24-21)29(27,28)14-15-8-4-3-5-9-15/h1,3-11H,12-14H2,(H,22,26)(H,23,24). The Morgan fingerprint density at radius 2 is 1.86 bits per heavy atom. The molecule has 3 aromatic rings. The van der Waals surface area contributed by atoms with Gasteiger partial charge in [-0.3, -0.25) is 9.89 Å². The van der Waals surface area contributed by atoms with Crippen molar-refractivity contribution in [1.82, 2.24) is 14.5 Å². The number of para-hydroxylation sites is 1. The van der Waals surface area contributed by atoms with Crippen molar-refractivity contribution >= 4 is 21.6 Å². The third-order valence-electron chi connectivity index (χ3n) is 4.77. The maximum Gasteiger partial charge on any atom is 0.300 e. The Morgan fingerprint density at radius 1 is 1.14 bits per heavy atom. The molecule has 1 aliphatic rings. The number of fused-ring (bicyclic) bond motifs is 1. The SMILES string of the molecule is C#CC(=O)Nc1ccccc1-c1[nH]nc2c1CN(S(=O)(=O)Cc1ccccc1)C2. The van der Waals surface area contributed by atoms with Crippen LogP contribution in [0.1, 0.15) is 16.8 Å². The molecule has 0 aliphatic carbocycles. The minimum atomic E-state index is -3.50. The van der Waals surface area contributed by atoms with E-state index in [0.717, 1.165) is 11.1 Å². The van der Waals surface area contributed by atoms with Gasteiger partial charge < -0.3 is 5.32 Å². The molecule has 4 rings (SSSR count). The fraction of sp³-hybridized carbons (Fsp3) is 0.143. The summed E-state index contributed by atoms with van der Waals surface area (Å²) in [5.41, 5.74) is 4.12. The van der Waals surface area contributed by atoms with Crippen molar-refractivity contribution in [3.05, 3.63) is 71.4 Å². The summed E-state index contributed by atoms with van der Waals surface area (Å²) in [6, 6.07) is 16.2. The lowest BCUT2D eigenvalue weighted by Crippen LogP contribution is -2.27. The average molecular weight is 406 g/mol. The summed E-state index contributed by atoms with van der Waals surface area (Å²) < 4.78 is 27.2. The number of nitrogens with zero attached hydrogens (tertiary/aromatic N) is 2. The molecular formula is C21H18N4O3S. The summed E-state index contributed by atoms with van der Waals surface area (Å²) in [5.74, 6) is 1.41. The van der Waals surface area contributed by atoms with E-state index in [1.54, 1.807) is 24.3 Å². The zero-order chi connectivity index (χ0) is 20.4. The summed E-state index contributed by atoms with van der Waals surface area (Å²) in [4.78, 5) is 11.6. The molecule has 0 unspecified atom stereocenters. The van der Waals surface area contributed by atoms with E-state index >= 15 is 0 Å². The molecule has 1 amide bonds. The van der Waals surface area contributed by atoms with E-state index in [1.165, 1.54) is 4.31 Å². The smallest absolute Gasteiger partial charge is 0.300 e. The number of aromatic nitrogens is 2. The third kappa shape index (κ3) is 3.78. The maximum atomic E-state index is 12.9. The fourth-order valence-electron chi connectivity index (χ4n) is 3.37. The van der Waals surface area contributed by atoms with Crippen molar-refractivity contribution in [2.75, 3.05) is 5.32 Å². The molecule has 8 heteroatoms. The van der Waals surface area contributed by atoms with Crippen LogP contribution in [0.2, 0.25) is 0 Å². The third-order valence-corrected chi connectivity index (χ3v) is 6.52. The van der Waals surface area contributed by atoms with E-state index in [1.807, 2.05) is 36.3 Å². The highest BCUT2D eigenvalue weighted by atomic mass is 32.2. The topological polar surface area (TPSA) is 95.2 Å². The summed E-state index contributed by atoms with van der Waals surface area (Å²) in [5, 5.41) is 9.93. The second-order valence-corrected chi connectivity index (χ2v) is 8.65. The van der Waals surface area contributed by atoms with Crippen LogP contribution in [0.3, 0.4) is 0 Å². The van der Waals surface area contributed by atoms with Crippen LogP contribution in [0, 0.1) is 12.3 Å². The summed E-state index contributed by atoms with van der Waals surface area (Å²) >= 11 is 0. The molecule has 1 aromatic heterocycles. The van der Waals surface area contributed by atoms with Crippen LogP contribution in [0.15, 0.2) is 54.6 Å². The Labute approximate surface area is 168 Å². The van der Waals surface area contributed by atoms with Gasteiger partial charge in [-0.25, -0.2) is 8.42 Å². The van der Waals surface area contributed by atoms with Crippen molar-refractivity contribution in [2.24, 2.45) is 0 Å². The van der Waals surface area contributed by atoms with Crippen LogP contribution in [-0.2, 0) is 33.7 Å². The number of nitrogens with one attached hydrogen (secondary N) is 2. The van der Waals surface area contributed by atoms with Crippen molar-refractivity contribution in [3.63, 3.8) is 0 Å². The Morgan fingerprint density at radius 3 is 2.62 bits per heavy atom. The van der Waals surface area contributed by atoms with Crippen molar-refractivity contribution in [2.45, 2.75) is 18.8 Å². The van der Waals surface area contributed by atoms with E-state index in [9.17, 15) is 13.2 Å². The molecule has 0 saturated heterocycles. The Bertz CT molecular complexity index is 1210. The number of hydrogen-bond acceptors (Lipinski definition) is 4. The quantitative estimate of drug-likeness (QED) is 0.637. The van der Waals surface area contributed by atoms with Gasteiger partial charge in [0.1, 0.15) is 0 Å². The first-order chi connectivity index (χ1) is 14.0. The van der Waals surface area contributed by atoms with Gasteiger partial charge in [-0.15, -0.1) is 6.42 Å². The predicted molar refractivity (Wildman–Crippen MR) is 110 cm³/mol. The van der Waals surface area contributed by atoms with Crippen LogP contribution < -0.4 is 5.32 Å². The Balaban J connectivity index is 1.61. The van der Waals surface area contributed by atoms with Crippen LogP contribution in [0.5, 0.6) is 0 Å². The van der Waals surface area contributed by atoms with E-state index in [0.29, 0.717) is 22.6 Å². The van der Waals surface area contributed by atoms with E-state index in [2.05, 4.69) is 15.5 Å². The van der Waals surface area contributed by atoms with Crippen molar-refractivity contribution in [3.8, 4) is 23.6 Å². The molecule has 1 aliphatic heterocycles. The maximum absolute atomic E-state index is 12.9. The van der Waals surface area contributed by atoms with Gasteiger partial charge in [0.2, 0.25) is 10.0 Å². The molecule has 0 atom stereocenters. The van der Waals surface area contributed by atoms with Gasteiger partial charge in [0.25, 0.3) is 5.91 Å². The highest BCUT2D eigenvalue weighted by molar-refractivity contribution is 7.88. The van der Waals surface area contributed by atoms with Gasteiger partial charge in [-0.1, -0.05) is 48.5 Å². The second-order valence-electron chi connectivity index (χ2n) is 6.68. The van der Waals surface area contributed by atoms with E-state index in [-0.39, 0.29) is 18.8 Å². The molecule has 0 fully saturated rings. The van der Waals surface area contributed by atoms with Crippen LogP contribution in [0.4, 0.5) is 5.69 Å². The van der Waals surface area contributed by atoms with Crippen LogP contribution >= 0.6 is 0 Å². The molecule has 2 N–H and O–H groups in total. The Hall–Kier alpha value is -3.41. The lowest BCUT2D eigenvalue weighted by Gasteiger charge is -2.16. The van der Waals surface area contributed by atoms with Crippen LogP contribution in [0.25, 0.3) is 11.3 Å². The van der Waals surface area contributed by atoms with E-state index < -0.39 is 15.9 Å². The van der Waals surface area contributed by atoms with Gasteiger partial charge >= 0.3 is 0 Å². The number of H-pyrrole nitrogens is 1. The molecule has 2 heterocycles. The first kappa shape index (κ1) is 18.9. The summed E-state index contributed by atoms with van der Waals surface area (Å²) in [6.45, 7) is 0.424. The van der Waals surface area contributed by atoms with Crippen molar-refractivity contribution in [1.29, 1.82) is 0 Å². The molecule has 0 bridgehead atoms. The van der Waals surface area contributed by atoms with Gasteiger partial charge in [0.05, 0.1) is 29.4 Å². The number of benzene rings is 2. The highest BCUT2D eigenvalue weighted by Crippen LogP contribution is 2.35. The summed E-state index contributed by atoms with van der Waals surface area (Å²) in [7, 11) is -3.50. The number of rotatable bonds is 5. The lowest BCUT2D eigenvalue weighted by atomic mass is 10.1. The van der Waals surface area contributed by atoms with Crippen LogP contribution in [-0.4, -0.2) is 28.8 Å². The fourth-order valence-corrected chi connectivity index (χ4v) is 4.81. The number of terminal acetylenes is 1. The molecule has 146 valence electrons. The molecule has 2 aromatic carbocycles. The normalized spacial score (nSPS) is 13.6. The molecule has 0 spiro atoms. The van der Waals surface area contributed by atoms with Crippen molar-refractivity contribution < 1.29 is 13.2 Å². The molecule has 0 radical (unpaired) electrons. The molecule has 7 nitrogen and oxygen atoms in total. The number of hydrogen-bond donors (Lipinski definition) is 2. The zero-order valence-corrected chi connectivity index (χ0v) is 16.2. The number of anilines is 1. The minimum Gasteiger partial charge on any atom is -0.315 e. The molecular weight excluding hydrogens is 388 g/mol. The first-order valence-corrected chi connectivity index (χ1v) is 10.5. The minimum absolute atomic E-state index is 0.0635. The number of amides is 1. The largest absolute Gasteiger partial charge is 0.315 e. The van der Waals surface area contributed by atoms with E-state index in [4.69, 9.17) is 6.42 Å². The number of sulfonamides is 1. The lowest BCUT2D eigenvalue weighted by molar-refractivity contribution is -0.111.